The Labute approximate surface area is 68.7 Å². The van der Waals surface area contributed by atoms with Gasteiger partial charge < -0.3 is 0 Å². The molecule has 1 rings (SSSR count). The Morgan fingerprint density at radius 3 is 2.00 bits per heavy atom. The van der Waals surface area contributed by atoms with E-state index in [0.29, 0.717) is 0 Å². The molecule has 1 aromatic carbocycles. The SMILES string of the molecule is O=[N+]([O-])c1ccccc1.[Cu]. The quantitative estimate of drug-likeness (QED) is 0.380. The van der Waals surface area contributed by atoms with Crippen molar-refractivity contribution >= 4 is 5.69 Å². The van der Waals surface area contributed by atoms with E-state index in [9.17, 15) is 10.1 Å². The molecular weight excluding hydrogens is 182 g/mol. The Hall–Kier alpha value is -0.861. The maximum Gasteiger partial charge on any atom is 0.269 e. The van der Waals surface area contributed by atoms with Crippen molar-refractivity contribution < 1.29 is 22.0 Å². The van der Waals surface area contributed by atoms with Crippen LogP contribution in [0.15, 0.2) is 30.3 Å². The van der Waals surface area contributed by atoms with Crippen molar-refractivity contribution in [1.29, 1.82) is 0 Å². The molecule has 10 heavy (non-hydrogen) atoms. The fourth-order valence-electron chi connectivity index (χ4n) is 0.550. The van der Waals surface area contributed by atoms with Gasteiger partial charge in [-0.3, -0.25) is 10.1 Å². The van der Waals surface area contributed by atoms with Crippen LogP contribution < -0.4 is 0 Å². The topological polar surface area (TPSA) is 43.1 Å². The van der Waals surface area contributed by atoms with Crippen LogP contribution in [-0.4, -0.2) is 4.92 Å². The van der Waals surface area contributed by atoms with Crippen LogP contribution in [0.2, 0.25) is 0 Å². The molecule has 0 amide bonds. The van der Waals surface area contributed by atoms with Crippen LogP contribution in [0, 0.1) is 10.1 Å². The Bertz CT molecular complexity index is 212. The first-order valence-corrected chi connectivity index (χ1v) is 2.50. The average Bonchev–Trinajstić information content (AvgIpc) is 1.90. The van der Waals surface area contributed by atoms with E-state index in [0.717, 1.165) is 0 Å². The summed E-state index contributed by atoms with van der Waals surface area (Å²) in [6, 6.07) is 7.93. The molecule has 0 spiro atoms. The van der Waals surface area contributed by atoms with Crippen molar-refractivity contribution in [1.82, 2.24) is 0 Å². The minimum absolute atomic E-state index is 0. The van der Waals surface area contributed by atoms with Crippen LogP contribution in [-0.2, 0) is 17.1 Å². The summed E-state index contributed by atoms with van der Waals surface area (Å²) in [4.78, 5) is 9.59. The van der Waals surface area contributed by atoms with E-state index in [2.05, 4.69) is 0 Å². The molecule has 0 fully saturated rings. The largest absolute Gasteiger partial charge is 0.269 e. The fraction of sp³-hybridized carbons (Fsp3) is 0. The van der Waals surface area contributed by atoms with Gasteiger partial charge in [-0.2, -0.15) is 0 Å². The first kappa shape index (κ1) is 9.14. The van der Waals surface area contributed by atoms with Crippen molar-refractivity contribution in [2.45, 2.75) is 0 Å². The maximum absolute atomic E-state index is 10.0. The zero-order valence-corrected chi connectivity index (χ0v) is 5.89. The van der Waals surface area contributed by atoms with Gasteiger partial charge in [0, 0.05) is 29.2 Å². The second kappa shape index (κ2) is 4.04. The molecule has 1 aromatic rings. The van der Waals surface area contributed by atoms with Crippen LogP contribution in [0.5, 0.6) is 0 Å². The molecule has 0 N–H and O–H groups in total. The summed E-state index contributed by atoms with van der Waals surface area (Å²) in [5, 5.41) is 10.0. The van der Waals surface area contributed by atoms with E-state index in [1.165, 1.54) is 12.1 Å². The molecule has 0 aliphatic rings. The second-order valence-corrected chi connectivity index (χ2v) is 1.59. The predicted octanol–water partition coefficient (Wildman–Crippen LogP) is 1.59. The first-order valence-electron chi connectivity index (χ1n) is 2.50. The summed E-state index contributed by atoms with van der Waals surface area (Å²) < 4.78 is 0. The molecule has 3 nitrogen and oxygen atoms in total. The molecule has 0 unspecified atom stereocenters. The van der Waals surface area contributed by atoms with Crippen LogP contribution in [0.25, 0.3) is 0 Å². The molecule has 0 atom stereocenters. The molecule has 0 saturated carbocycles. The van der Waals surface area contributed by atoms with Crippen LogP contribution in [0.4, 0.5) is 5.69 Å². The molecule has 0 saturated heterocycles. The standard InChI is InChI=1S/C6H5NO2.Cu/c8-7(9)6-4-2-1-3-5-6;/h1-5H;. The fourth-order valence-corrected chi connectivity index (χ4v) is 0.550. The minimum atomic E-state index is -0.417. The number of nitro benzene ring substituents is 1. The van der Waals surface area contributed by atoms with Gasteiger partial charge in [0.2, 0.25) is 0 Å². The number of benzene rings is 1. The summed E-state index contributed by atoms with van der Waals surface area (Å²) in [6.45, 7) is 0. The summed E-state index contributed by atoms with van der Waals surface area (Å²) >= 11 is 0. The zero-order valence-electron chi connectivity index (χ0n) is 4.95. The summed E-state index contributed by atoms with van der Waals surface area (Å²) in [5.74, 6) is 0. The van der Waals surface area contributed by atoms with Crippen LogP contribution in [0.1, 0.15) is 0 Å². The average molecular weight is 187 g/mol. The molecule has 0 bridgehead atoms. The van der Waals surface area contributed by atoms with Gasteiger partial charge in [-0.25, -0.2) is 0 Å². The molecule has 0 heterocycles. The number of para-hydroxylation sites is 1. The third-order valence-electron chi connectivity index (χ3n) is 0.967. The molecule has 57 valence electrons. The van der Waals surface area contributed by atoms with Crippen molar-refractivity contribution in [3.63, 3.8) is 0 Å². The van der Waals surface area contributed by atoms with Gasteiger partial charge in [0.25, 0.3) is 5.69 Å². The smallest absolute Gasteiger partial charge is 0.258 e. The Morgan fingerprint density at radius 1 is 1.20 bits per heavy atom. The van der Waals surface area contributed by atoms with Gasteiger partial charge in [0.1, 0.15) is 0 Å². The van der Waals surface area contributed by atoms with Gasteiger partial charge in [-0.1, -0.05) is 18.2 Å². The first-order chi connectivity index (χ1) is 4.30. The second-order valence-electron chi connectivity index (χ2n) is 1.59. The van der Waals surface area contributed by atoms with Gasteiger partial charge in [0.15, 0.2) is 0 Å². The zero-order chi connectivity index (χ0) is 6.69. The maximum atomic E-state index is 10.0. The number of non-ortho nitro benzene ring substituents is 1. The summed E-state index contributed by atoms with van der Waals surface area (Å²) in [5.41, 5.74) is 0.137. The molecular formula is C6H5CuNO2. The van der Waals surface area contributed by atoms with E-state index < -0.39 is 4.92 Å². The van der Waals surface area contributed by atoms with Crippen molar-refractivity contribution in [3.05, 3.63) is 40.4 Å². The van der Waals surface area contributed by atoms with Gasteiger partial charge in [0.05, 0.1) is 4.92 Å². The monoisotopic (exact) mass is 186 g/mol. The number of nitro groups is 1. The van der Waals surface area contributed by atoms with E-state index >= 15 is 0 Å². The van der Waals surface area contributed by atoms with E-state index in [1.54, 1.807) is 18.2 Å². The molecule has 4 heteroatoms. The van der Waals surface area contributed by atoms with Crippen molar-refractivity contribution in [2.75, 3.05) is 0 Å². The molecule has 0 aromatic heterocycles. The van der Waals surface area contributed by atoms with Crippen molar-refractivity contribution in [2.24, 2.45) is 0 Å². The number of rotatable bonds is 1. The minimum Gasteiger partial charge on any atom is -0.258 e. The molecule has 0 aliphatic carbocycles. The molecule has 1 radical (unpaired) electrons. The van der Waals surface area contributed by atoms with E-state index in [1.807, 2.05) is 0 Å². The van der Waals surface area contributed by atoms with Gasteiger partial charge in [-0.15, -0.1) is 0 Å². The summed E-state index contributed by atoms with van der Waals surface area (Å²) in [7, 11) is 0. The van der Waals surface area contributed by atoms with E-state index in [4.69, 9.17) is 0 Å². The van der Waals surface area contributed by atoms with Crippen LogP contribution in [0.3, 0.4) is 0 Å². The van der Waals surface area contributed by atoms with E-state index in [-0.39, 0.29) is 22.8 Å². The van der Waals surface area contributed by atoms with Gasteiger partial charge >= 0.3 is 0 Å². The number of hydrogen-bond acceptors (Lipinski definition) is 2. The van der Waals surface area contributed by atoms with Crippen LogP contribution >= 0.6 is 0 Å². The third-order valence-corrected chi connectivity index (χ3v) is 0.967. The Kier molecular flexibility index (Phi) is 3.69. The normalized spacial score (nSPS) is 8.00. The number of hydrogen-bond donors (Lipinski definition) is 0. The Morgan fingerprint density at radius 2 is 1.70 bits per heavy atom. The number of nitrogens with zero attached hydrogens (tertiary/aromatic N) is 1. The molecule has 0 aliphatic heterocycles. The predicted molar refractivity (Wildman–Crippen MR) is 33.1 cm³/mol. The summed E-state index contributed by atoms with van der Waals surface area (Å²) in [6.07, 6.45) is 0. The van der Waals surface area contributed by atoms with Crippen molar-refractivity contribution in [3.8, 4) is 0 Å². The Balaban J connectivity index is 0.000000810. The third kappa shape index (κ3) is 2.17. The van der Waals surface area contributed by atoms with Gasteiger partial charge in [-0.05, 0) is 0 Å².